The number of nitrogens with zero attached hydrogens (tertiary/aromatic N) is 2. The normalized spacial score (nSPS) is 23.5. The van der Waals surface area contributed by atoms with E-state index in [1.165, 1.54) is 38.5 Å². The Hall–Kier alpha value is -1.82. The predicted octanol–water partition coefficient (Wildman–Crippen LogP) is 3.27. The molecule has 0 amide bonds. The molecule has 0 bridgehead atoms. The lowest BCUT2D eigenvalue weighted by Crippen LogP contribution is -2.22. The lowest BCUT2D eigenvalue weighted by molar-refractivity contribution is -0.384. The van der Waals surface area contributed by atoms with E-state index in [0.29, 0.717) is 17.5 Å². The van der Waals surface area contributed by atoms with Gasteiger partial charge in [-0.25, -0.2) is 4.79 Å². The van der Waals surface area contributed by atoms with Gasteiger partial charge in [0, 0.05) is 19.2 Å². The molecule has 6 nitrogen and oxygen atoms in total. The van der Waals surface area contributed by atoms with E-state index in [1.807, 2.05) is 4.90 Å². The van der Waals surface area contributed by atoms with E-state index in [9.17, 15) is 14.9 Å². The Bertz CT molecular complexity index is 622. The number of nitro benzene ring substituents is 1. The van der Waals surface area contributed by atoms with Crippen LogP contribution in [0.3, 0.4) is 0 Å². The summed E-state index contributed by atoms with van der Waals surface area (Å²) < 4.78 is 4.62. The maximum Gasteiger partial charge on any atom is 0.339 e. The number of methoxy groups -OCH3 is 1. The number of fused-ring (bicyclic) bond motifs is 1. The van der Waals surface area contributed by atoms with Gasteiger partial charge in [0.05, 0.1) is 22.6 Å². The van der Waals surface area contributed by atoms with Crippen molar-refractivity contribution >= 4 is 28.9 Å². The van der Waals surface area contributed by atoms with Crippen LogP contribution in [0.15, 0.2) is 12.1 Å². The van der Waals surface area contributed by atoms with Crippen LogP contribution in [0.4, 0.5) is 11.4 Å². The van der Waals surface area contributed by atoms with Gasteiger partial charge in [0.2, 0.25) is 0 Å². The van der Waals surface area contributed by atoms with Crippen LogP contribution < -0.4 is 4.90 Å². The first-order valence-corrected chi connectivity index (χ1v) is 7.70. The van der Waals surface area contributed by atoms with Crippen molar-refractivity contribution in [2.75, 3.05) is 25.1 Å². The standard InChI is InChI=1S/C15H17ClN2O4/c1-22-15(19)11-5-14(18(20)21)13(6-12(11)16)17-7-9-3-2-4-10(9)8-17/h5-6,9-10H,2-4,7-8H2,1H3. The van der Waals surface area contributed by atoms with Crippen LogP contribution in [-0.4, -0.2) is 31.1 Å². The molecule has 22 heavy (non-hydrogen) atoms. The van der Waals surface area contributed by atoms with E-state index in [2.05, 4.69) is 4.74 Å². The van der Waals surface area contributed by atoms with Gasteiger partial charge in [0.25, 0.3) is 5.69 Å². The zero-order chi connectivity index (χ0) is 15.9. The average molecular weight is 325 g/mol. The van der Waals surface area contributed by atoms with E-state index in [-0.39, 0.29) is 16.3 Å². The molecule has 1 saturated heterocycles. The fourth-order valence-corrected chi connectivity index (χ4v) is 3.88. The molecule has 2 atom stereocenters. The van der Waals surface area contributed by atoms with Crippen LogP contribution >= 0.6 is 11.6 Å². The highest BCUT2D eigenvalue weighted by Crippen LogP contribution is 2.43. The number of esters is 1. The molecule has 3 rings (SSSR count). The summed E-state index contributed by atoms with van der Waals surface area (Å²) in [7, 11) is 1.22. The Morgan fingerprint density at radius 2 is 2.00 bits per heavy atom. The average Bonchev–Trinajstić information content (AvgIpc) is 3.06. The third-order valence-electron chi connectivity index (χ3n) is 4.73. The maximum atomic E-state index is 11.7. The van der Waals surface area contributed by atoms with Gasteiger partial charge in [0.1, 0.15) is 5.69 Å². The number of anilines is 1. The Balaban J connectivity index is 1.98. The van der Waals surface area contributed by atoms with Crippen molar-refractivity contribution in [2.45, 2.75) is 19.3 Å². The first-order valence-electron chi connectivity index (χ1n) is 7.32. The second-order valence-electron chi connectivity index (χ2n) is 5.93. The summed E-state index contributed by atoms with van der Waals surface area (Å²) in [4.78, 5) is 24.6. The van der Waals surface area contributed by atoms with E-state index < -0.39 is 10.9 Å². The van der Waals surface area contributed by atoms with Gasteiger partial charge in [-0.15, -0.1) is 0 Å². The van der Waals surface area contributed by atoms with Gasteiger partial charge in [-0.05, 0) is 30.7 Å². The summed E-state index contributed by atoms with van der Waals surface area (Å²) in [5.41, 5.74) is 0.431. The molecule has 1 heterocycles. The van der Waals surface area contributed by atoms with Gasteiger partial charge < -0.3 is 9.64 Å². The van der Waals surface area contributed by atoms with Crippen molar-refractivity contribution in [3.8, 4) is 0 Å². The fourth-order valence-electron chi connectivity index (χ4n) is 3.65. The number of hydrogen-bond acceptors (Lipinski definition) is 5. The molecule has 2 fully saturated rings. The highest BCUT2D eigenvalue weighted by Gasteiger charge is 2.38. The molecule has 118 valence electrons. The number of ether oxygens (including phenoxy) is 1. The minimum Gasteiger partial charge on any atom is -0.465 e. The molecule has 0 radical (unpaired) electrons. The summed E-state index contributed by atoms with van der Waals surface area (Å²) in [6.45, 7) is 1.64. The quantitative estimate of drug-likeness (QED) is 0.484. The second kappa shape index (κ2) is 5.76. The lowest BCUT2D eigenvalue weighted by Gasteiger charge is -2.20. The summed E-state index contributed by atoms with van der Waals surface area (Å²) in [5, 5.41) is 11.6. The zero-order valence-electron chi connectivity index (χ0n) is 12.3. The van der Waals surface area contributed by atoms with E-state index in [0.717, 1.165) is 13.1 Å². The number of hydrogen-bond donors (Lipinski definition) is 0. The monoisotopic (exact) mass is 324 g/mol. The smallest absolute Gasteiger partial charge is 0.339 e. The van der Waals surface area contributed by atoms with Crippen LogP contribution in [0.2, 0.25) is 5.02 Å². The predicted molar refractivity (Wildman–Crippen MR) is 82.5 cm³/mol. The Morgan fingerprint density at radius 3 is 2.55 bits per heavy atom. The fraction of sp³-hybridized carbons (Fsp3) is 0.533. The molecule has 2 aliphatic rings. The Labute approximate surface area is 133 Å². The number of rotatable bonds is 3. The molecule has 1 aromatic rings. The molecule has 1 aliphatic heterocycles. The van der Waals surface area contributed by atoms with Gasteiger partial charge in [-0.1, -0.05) is 18.0 Å². The van der Waals surface area contributed by atoms with Crippen LogP contribution in [-0.2, 0) is 4.74 Å². The van der Waals surface area contributed by atoms with E-state index >= 15 is 0 Å². The highest BCUT2D eigenvalue weighted by molar-refractivity contribution is 6.34. The Kier molecular flexibility index (Phi) is 3.95. The molecule has 7 heteroatoms. The number of carbonyl (C=O) groups is 1. The SMILES string of the molecule is COC(=O)c1cc([N+](=O)[O-])c(N2CC3CCCC3C2)cc1Cl. The summed E-state index contributed by atoms with van der Waals surface area (Å²) in [5.74, 6) is 0.551. The topological polar surface area (TPSA) is 72.7 Å². The second-order valence-corrected chi connectivity index (χ2v) is 6.33. The van der Waals surface area contributed by atoms with Crippen LogP contribution in [0.25, 0.3) is 0 Å². The third-order valence-corrected chi connectivity index (χ3v) is 5.05. The van der Waals surface area contributed by atoms with Crippen LogP contribution in [0.5, 0.6) is 0 Å². The lowest BCUT2D eigenvalue weighted by atomic mass is 10.0. The number of halogens is 1. The molecule has 0 spiro atoms. The van der Waals surface area contributed by atoms with Crippen LogP contribution in [0, 0.1) is 22.0 Å². The maximum absolute atomic E-state index is 11.7. The van der Waals surface area contributed by atoms with Crippen molar-refractivity contribution in [2.24, 2.45) is 11.8 Å². The minimum atomic E-state index is -0.669. The molecule has 1 saturated carbocycles. The number of carbonyl (C=O) groups excluding carboxylic acids is 1. The summed E-state index contributed by atoms with van der Waals surface area (Å²) in [6.07, 6.45) is 3.61. The molecular formula is C15H17ClN2O4. The molecule has 2 unspecified atom stereocenters. The minimum absolute atomic E-state index is 0.0269. The highest BCUT2D eigenvalue weighted by atomic mass is 35.5. The van der Waals surface area contributed by atoms with Crippen molar-refractivity contribution in [1.29, 1.82) is 0 Å². The van der Waals surface area contributed by atoms with Gasteiger partial charge in [-0.3, -0.25) is 10.1 Å². The number of benzene rings is 1. The van der Waals surface area contributed by atoms with Gasteiger partial charge >= 0.3 is 5.97 Å². The molecular weight excluding hydrogens is 308 g/mol. The van der Waals surface area contributed by atoms with E-state index in [1.54, 1.807) is 0 Å². The molecule has 1 aliphatic carbocycles. The van der Waals surface area contributed by atoms with E-state index in [4.69, 9.17) is 11.6 Å². The third kappa shape index (κ3) is 2.52. The first kappa shape index (κ1) is 15.1. The Morgan fingerprint density at radius 1 is 1.36 bits per heavy atom. The zero-order valence-corrected chi connectivity index (χ0v) is 13.0. The molecule has 0 N–H and O–H groups in total. The van der Waals surface area contributed by atoms with Crippen molar-refractivity contribution in [3.05, 3.63) is 32.8 Å². The largest absolute Gasteiger partial charge is 0.465 e. The summed E-state index contributed by atoms with van der Waals surface area (Å²) >= 11 is 6.13. The van der Waals surface area contributed by atoms with Crippen molar-refractivity contribution in [3.63, 3.8) is 0 Å². The number of nitro groups is 1. The van der Waals surface area contributed by atoms with Gasteiger partial charge in [-0.2, -0.15) is 0 Å². The molecule has 0 aromatic heterocycles. The van der Waals surface area contributed by atoms with Gasteiger partial charge in [0.15, 0.2) is 0 Å². The molecule has 1 aromatic carbocycles. The van der Waals surface area contributed by atoms with Crippen molar-refractivity contribution in [1.82, 2.24) is 0 Å². The van der Waals surface area contributed by atoms with Crippen LogP contribution in [0.1, 0.15) is 29.6 Å². The summed E-state index contributed by atoms with van der Waals surface area (Å²) in [6, 6.07) is 2.74. The van der Waals surface area contributed by atoms with Crippen molar-refractivity contribution < 1.29 is 14.5 Å². The first-order chi connectivity index (χ1) is 10.5.